The molecule has 1 fully saturated rings. The van der Waals surface area contributed by atoms with E-state index in [1.165, 1.54) is 17.0 Å². The molecular formula is C16H19F5N4O4. The van der Waals surface area contributed by atoms with Gasteiger partial charge in [0.1, 0.15) is 6.61 Å². The molecule has 0 spiro atoms. The van der Waals surface area contributed by atoms with Crippen molar-refractivity contribution in [3.05, 3.63) is 18.2 Å². The molecule has 1 heterocycles. The summed E-state index contributed by atoms with van der Waals surface area (Å²) in [6.07, 6.45) is -4.57. The number of nitrogens with zero attached hydrogens (tertiary/aromatic N) is 1. The Balaban J connectivity index is 2.19. The van der Waals surface area contributed by atoms with Crippen LogP contribution in [0.3, 0.4) is 0 Å². The molecule has 1 saturated heterocycles. The average molecular weight is 426 g/mol. The lowest BCUT2D eigenvalue weighted by Crippen LogP contribution is -2.48. The maximum atomic E-state index is 12.8. The van der Waals surface area contributed by atoms with Gasteiger partial charge in [-0.2, -0.15) is 22.0 Å². The Hall–Kier alpha value is -2.51. The van der Waals surface area contributed by atoms with Crippen molar-refractivity contribution in [3.8, 4) is 5.75 Å². The molecule has 8 nitrogen and oxygen atoms in total. The average Bonchev–Trinajstić information content (AvgIpc) is 2.63. The second-order valence-electron chi connectivity index (χ2n) is 5.93. The monoisotopic (exact) mass is 426 g/mol. The smallest absolute Gasteiger partial charge is 0.401 e. The molecule has 0 radical (unpaired) electrons. The van der Waals surface area contributed by atoms with E-state index in [4.69, 9.17) is 10.5 Å². The summed E-state index contributed by atoms with van der Waals surface area (Å²) < 4.78 is 71.9. The minimum atomic E-state index is -4.57. The van der Waals surface area contributed by atoms with E-state index in [1.807, 2.05) is 5.32 Å². The zero-order valence-corrected chi connectivity index (χ0v) is 15.0. The lowest BCUT2D eigenvalue weighted by Gasteiger charge is -2.27. The Morgan fingerprint density at radius 1 is 1.34 bits per heavy atom. The number of alkyl halides is 5. The fraction of sp³-hybridized carbons (Fsp3) is 0.500. The number of benzene rings is 1. The molecule has 13 heteroatoms. The third kappa shape index (κ3) is 6.80. The Kier molecular flexibility index (Phi) is 7.70. The van der Waals surface area contributed by atoms with Crippen molar-refractivity contribution in [2.24, 2.45) is 5.73 Å². The van der Waals surface area contributed by atoms with Crippen molar-refractivity contribution in [2.75, 3.05) is 43.1 Å². The number of nitrogens with one attached hydrogen (secondary N) is 2. The Bertz CT molecular complexity index is 732. The molecular weight excluding hydrogens is 407 g/mol. The molecule has 1 aliphatic rings. The molecule has 2 amide bonds. The van der Waals surface area contributed by atoms with Crippen LogP contribution in [0.15, 0.2) is 18.2 Å². The molecule has 0 bridgehead atoms. The lowest BCUT2D eigenvalue weighted by atomic mass is 10.2. The number of nitrogens with two attached hydrogens (primary N) is 1. The Morgan fingerprint density at radius 2 is 2.07 bits per heavy atom. The van der Waals surface area contributed by atoms with Crippen LogP contribution in [-0.2, 0) is 14.3 Å². The molecule has 2 rings (SSSR count). The van der Waals surface area contributed by atoms with Crippen LogP contribution < -0.4 is 26.0 Å². The maximum Gasteiger partial charge on any atom is 0.401 e. The standard InChI is InChI=1S/C16H19F5N4O4/c17-15(18)29-12-5-9(25-3-4-28-7-13(25)26)1-2-10(12)24-14(27)11(6-22)23-8-16(19,20)21/h1-2,5,11,15,23H,3-4,6-8,22H2,(H,24,27)/t11-/m0/s1. The topological polar surface area (TPSA) is 106 Å². The van der Waals surface area contributed by atoms with E-state index in [-0.39, 0.29) is 31.1 Å². The highest BCUT2D eigenvalue weighted by molar-refractivity contribution is 5.98. The molecule has 162 valence electrons. The van der Waals surface area contributed by atoms with Gasteiger partial charge in [-0.25, -0.2) is 0 Å². The highest BCUT2D eigenvalue weighted by atomic mass is 19.4. The normalized spacial score (nSPS) is 16.1. The van der Waals surface area contributed by atoms with Crippen molar-refractivity contribution in [3.63, 3.8) is 0 Å². The Morgan fingerprint density at radius 3 is 2.66 bits per heavy atom. The van der Waals surface area contributed by atoms with Gasteiger partial charge < -0.3 is 25.4 Å². The predicted octanol–water partition coefficient (Wildman–Crippen LogP) is 1.07. The first-order chi connectivity index (χ1) is 13.6. The molecule has 1 aliphatic heterocycles. The van der Waals surface area contributed by atoms with E-state index >= 15 is 0 Å². The molecule has 0 saturated carbocycles. The van der Waals surface area contributed by atoms with E-state index < -0.39 is 49.5 Å². The van der Waals surface area contributed by atoms with Gasteiger partial charge in [-0.1, -0.05) is 0 Å². The van der Waals surface area contributed by atoms with Gasteiger partial charge in [-0.15, -0.1) is 0 Å². The third-order valence-electron chi connectivity index (χ3n) is 3.84. The van der Waals surface area contributed by atoms with Crippen LogP contribution in [-0.4, -0.2) is 63.5 Å². The summed E-state index contributed by atoms with van der Waals surface area (Å²) >= 11 is 0. The third-order valence-corrected chi connectivity index (χ3v) is 3.84. The van der Waals surface area contributed by atoms with Crippen LogP contribution in [0, 0.1) is 0 Å². The fourth-order valence-corrected chi connectivity index (χ4v) is 2.51. The van der Waals surface area contributed by atoms with Gasteiger partial charge in [0.15, 0.2) is 5.75 Å². The molecule has 1 aromatic carbocycles. The van der Waals surface area contributed by atoms with Gasteiger partial charge in [-0.3, -0.25) is 14.9 Å². The summed E-state index contributed by atoms with van der Waals surface area (Å²) in [5, 5.41) is 4.15. The first-order valence-electron chi connectivity index (χ1n) is 8.38. The van der Waals surface area contributed by atoms with E-state index in [2.05, 4.69) is 10.1 Å². The van der Waals surface area contributed by atoms with Crippen molar-refractivity contribution in [1.82, 2.24) is 5.32 Å². The van der Waals surface area contributed by atoms with Crippen LogP contribution in [0.5, 0.6) is 5.75 Å². The molecule has 1 atom stereocenters. The summed E-state index contributed by atoms with van der Waals surface area (Å²) in [5.41, 5.74) is 5.33. The number of halogens is 5. The van der Waals surface area contributed by atoms with Gasteiger partial charge in [0.25, 0.3) is 5.91 Å². The first kappa shape index (κ1) is 22.8. The van der Waals surface area contributed by atoms with Crippen LogP contribution >= 0.6 is 0 Å². The number of amides is 2. The summed E-state index contributed by atoms with van der Waals surface area (Å²) in [7, 11) is 0. The largest absolute Gasteiger partial charge is 0.433 e. The number of hydrogen-bond acceptors (Lipinski definition) is 6. The van der Waals surface area contributed by atoms with Gasteiger partial charge >= 0.3 is 12.8 Å². The van der Waals surface area contributed by atoms with Crippen LogP contribution in [0.1, 0.15) is 0 Å². The summed E-state index contributed by atoms with van der Waals surface area (Å²) in [5.74, 6) is -1.82. The molecule has 0 aromatic heterocycles. The first-order valence-corrected chi connectivity index (χ1v) is 8.38. The minimum absolute atomic E-state index is 0.174. The van der Waals surface area contributed by atoms with E-state index in [9.17, 15) is 31.5 Å². The number of anilines is 2. The van der Waals surface area contributed by atoms with Crippen LogP contribution in [0.4, 0.5) is 33.3 Å². The number of rotatable bonds is 8. The highest BCUT2D eigenvalue weighted by Gasteiger charge is 2.30. The summed E-state index contributed by atoms with van der Waals surface area (Å²) in [6, 6.07) is 2.27. The molecule has 0 unspecified atom stereocenters. The molecule has 4 N–H and O–H groups in total. The van der Waals surface area contributed by atoms with Crippen LogP contribution in [0.2, 0.25) is 0 Å². The quantitative estimate of drug-likeness (QED) is 0.537. The number of ether oxygens (including phenoxy) is 2. The van der Waals surface area contributed by atoms with E-state index in [0.717, 1.165) is 6.07 Å². The number of hydrogen-bond donors (Lipinski definition) is 3. The molecule has 0 aliphatic carbocycles. The predicted molar refractivity (Wildman–Crippen MR) is 91.8 cm³/mol. The summed E-state index contributed by atoms with van der Waals surface area (Å²) in [6.45, 7) is -4.90. The number of morpholine rings is 1. The van der Waals surface area contributed by atoms with Crippen molar-refractivity contribution in [2.45, 2.75) is 18.8 Å². The number of carbonyl (C=O) groups is 2. The van der Waals surface area contributed by atoms with Crippen molar-refractivity contribution >= 4 is 23.2 Å². The van der Waals surface area contributed by atoms with Gasteiger partial charge in [-0.05, 0) is 12.1 Å². The maximum absolute atomic E-state index is 12.8. The second kappa shape index (κ2) is 9.80. The van der Waals surface area contributed by atoms with Gasteiger partial charge in [0.2, 0.25) is 5.91 Å². The van der Waals surface area contributed by atoms with Gasteiger partial charge in [0, 0.05) is 24.8 Å². The Labute approximate surface area is 162 Å². The molecule has 1 aromatic rings. The minimum Gasteiger partial charge on any atom is -0.433 e. The SMILES string of the molecule is NC[C@H](NCC(F)(F)F)C(=O)Nc1ccc(N2CCOCC2=O)cc1OC(F)F. The van der Waals surface area contributed by atoms with Crippen molar-refractivity contribution in [1.29, 1.82) is 0 Å². The molecule has 29 heavy (non-hydrogen) atoms. The second-order valence-corrected chi connectivity index (χ2v) is 5.93. The zero-order valence-electron chi connectivity index (χ0n) is 15.0. The van der Waals surface area contributed by atoms with Gasteiger partial charge in [0.05, 0.1) is 24.9 Å². The van der Waals surface area contributed by atoms with Crippen molar-refractivity contribution < 1.29 is 41.0 Å². The number of carbonyl (C=O) groups excluding carboxylic acids is 2. The fourth-order valence-electron chi connectivity index (χ4n) is 2.51. The summed E-state index contributed by atoms with van der Waals surface area (Å²) in [4.78, 5) is 25.4. The van der Waals surface area contributed by atoms with Crippen LogP contribution in [0.25, 0.3) is 0 Å². The van der Waals surface area contributed by atoms with E-state index in [0.29, 0.717) is 0 Å². The highest BCUT2D eigenvalue weighted by Crippen LogP contribution is 2.32. The zero-order chi connectivity index (χ0) is 21.6. The van der Waals surface area contributed by atoms with E-state index in [1.54, 1.807) is 0 Å². The lowest BCUT2D eigenvalue weighted by molar-refractivity contribution is -0.130.